The highest BCUT2D eigenvalue weighted by molar-refractivity contribution is 5.70. The Labute approximate surface area is 195 Å². The summed E-state index contributed by atoms with van der Waals surface area (Å²) in [6.07, 6.45) is -1.67. The van der Waals surface area contributed by atoms with Gasteiger partial charge in [0.05, 0.1) is 19.6 Å². The van der Waals surface area contributed by atoms with Crippen molar-refractivity contribution in [3.05, 3.63) is 71.8 Å². The molecule has 0 bridgehead atoms. The van der Waals surface area contributed by atoms with E-state index in [1.54, 1.807) is 6.92 Å². The number of rotatable bonds is 10. The number of carbonyl (C=O) groups is 1. The van der Waals surface area contributed by atoms with Crippen molar-refractivity contribution < 1.29 is 28.5 Å². The van der Waals surface area contributed by atoms with Gasteiger partial charge in [0.25, 0.3) is 0 Å². The summed E-state index contributed by atoms with van der Waals surface area (Å²) in [5.41, 5.74) is 2.16. The molecule has 2 heterocycles. The van der Waals surface area contributed by atoms with Crippen molar-refractivity contribution in [2.24, 2.45) is 0 Å². The van der Waals surface area contributed by atoms with Crippen molar-refractivity contribution in [1.29, 1.82) is 0 Å². The normalized spacial score (nSPS) is 26.6. The van der Waals surface area contributed by atoms with Gasteiger partial charge in [-0.1, -0.05) is 60.7 Å². The Morgan fingerprint density at radius 1 is 1.03 bits per heavy atom. The van der Waals surface area contributed by atoms with Crippen LogP contribution in [0.4, 0.5) is 0 Å². The van der Waals surface area contributed by atoms with Gasteiger partial charge in [-0.05, 0) is 31.9 Å². The SMILES string of the molecule is CCOC(=O)CC(NCc1ccccc1)[C@H]1O[C@@H]2OC(C)(C)O[C@@H]2[C@H]1OCc1ccccc1. The summed E-state index contributed by atoms with van der Waals surface area (Å²) in [7, 11) is 0. The summed E-state index contributed by atoms with van der Waals surface area (Å²) in [5, 5.41) is 3.49. The lowest BCUT2D eigenvalue weighted by molar-refractivity contribution is -0.223. The smallest absolute Gasteiger partial charge is 0.307 e. The summed E-state index contributed by atoms with van der Waals surface area (Å²) < 4.78 is 30.0. The van der Waals surface area contributed by atoms with Crippen LogP contribution in [0.15, 0.2) is 60.7 Å². The zero-order chi connectivity index (χ0) is 23.3. The molecule has 0 radical (unpaired) electrons. The zero-order valence-electron chi connectivity index (χ0n) is 19.4. The second-order valence-electron chi connectivity index (χ2n) is 8.81. The summed E-state index contributed by atoms with van der Waals surface area (Å²) >= 11 is 0. The highest BCUT2D eigenvalue weighted by Crippen LogP contribution is 2.40. The van der Waals surface area contributed by atoms with E-state index in [2.05, 4.69) is 5.32 Å². The third-order valence-corrected chi connectivity index (χ3v) is 5.81. The summed E-state index contributed by atoms with van der Waals surface area (Å²) in [5.74, 6) is -1.05. The Kier molecular flexibility index (Phi) is 7.78. The number of nitrogens with one attached hydrogen (secondary N) is 1. The monoisotopic (exact) mass is 455 g/mol. The lowest BCUT2D eigenvalue weighted by Crippen LogP contribution is -2.49. The number of hydrogen-bond donors (Lipinski definition) is 1. The van der Waals surface area contributed by atoms with Crippen LogP contribution in [0.25, 0.3) is 0 Å². The van der Waals surface area contributed by atoms with Crippen molar-refractivity contribution in [3.63, 3.8) is 0 Å². The van der Waals surface area contributed by atoms with Crippen LogP contribution in [0.1, 0.15) is 38.3 Å². The second kappa shape index (κ2) is 10.8. The molecule has 1 N–H and O–H groups in total. The number of fused-ring (bicyclic) bond motifs is 1. The van der Waals surface area contributed by atoms with E-state index in [-0.39, 0.29) is 18.4 Å². The third-order valence-electron chi connectivity index (χ3n) is 5.81. The molecule has 0 amide bonds. The Hall–Kier alpha value is -2.29. The highest BCUT2D eigenvalue weighted by atomic mass is 16.8. The minimum atomic E-state index is -0.761. The van der Waals surface area contributed by atoms with E-state index in [1.807, 2.05) is 74.5 Å². The molecule has 2 aliphatic rings. The molecule has 0 spiro atoms. The minimum absolute atomic E-state index is 0.152. The Bertz CT molecular complexity index is 890. The molecular weight excluding hydrogens is 422 g/mol. The molecule has 1 unspecified atom stereocenters. The fraction of sp³-hybridized carbons (Fsp3) is 0.500. The third kappa shape index (κ3) is 6.19. The number of benzene rings is 2. The van der Waals surface area contributed by atoms with Crippen molar-refractivity contribution >= 4 is 5.97 Å². The second-order valence-corrected chi connectivity index (χ2v) is 8.81. The molecule has 0 aliphatic carbocycles. The molecule has 2 fully saturated rings. The van der Waals surface area contributed by atoms with Crippen molar-refractivity contribution in [2.45, 2.75) is 76.8 Å². The lowest BCUT2D eigenvalue weighted by atomic mass is 10.00. The molecule has 7 heteroatoms. The van der Waals surface area contributed by atoms with E-state index in [1.165, 1.54) is 0 Å². The van der Waals surface area contributed by atoms with E-state index in [0.29, 0.717) is 19.8 Å². The summed E-state index contributed by atoms with van der Waals surface area (Å²) in [4.78, 5) is 12.4. The fourth-order valence-corrected chi connectivity index (χ4v) is 4.33. The van der Waals surface area contributed by atoms with Crippen LogP contribution in [0, 0.1) is 0 Å². The average molecular weight is 456 g/mol. The molecule has 2 aromatic rings. The van der Waals surface area contributed by atoms with E-state index in [0.717, 1.165) is 11.1 Å². The molecule has 2 aromatic carbocycles. The van der Waals surface area contributed by atoms with E-state index in [4.69, 9.17) is 23.7 Å². The van der Waals surface area contributed by atoms with Gasteiger partial charge >= 0.3 is 5.97 Å². The molecular formula is C26H33NO6. The summed E-state index contributed by atoms with van der Waals surface area (Å²) in [6, 6.07) is 19.7. The molecule has 7 nitrogen and oxygen atoms in total. The van der Waals surface area contributed by atoms with Crippen molar-refractivity contribution in [3.8, 4) is 0 Å². The number of hydrogen-bond acceptors (Lipinski definition) is 7. The maximum absolute atomic E-state index is 12.4. The Balaban J connectivity index is 1.53. The highest BCUT2D eigenvalue weighted by Gasteiger charge is 2.57. The van der Waals surface area contributed by atoms with Gasteiger partial charge < -0.3 is 29.0 Å². The van der Waals surface area contributed by atoms with Gasteiger partial charge in [0.2, 0.25) is 0 Å². The van der Waals surface area contributed by atoms with Crippen LogP contribution >= 0.6 is 0 Å². The first-order valence-electron chi connectivity index (χ1n) is 11.5. The maximum Gasteiger partial charge on any atom is 0.307 e. The molecule has 5 atom stereocenters. The minimum Gasteiger partial charge on any atom is -0.466 e. The van der Waals surface area contributed by atoms with E-state index < -0.39 is 30.4 Å². The first kappa shape index (κ1) is 23.9. The standard InChI is InChI=1S/C26H33NO6/c1-4-29-21(28)15-20(27-16-18-11-7-5-8-12-18)22-23(30-17-19-13-9-6-10-14-19)24-25(31-22)33-26(2,3)32-24/h5-14,20,22-25,27H,4,15-17H2,1-3H3/t20?,22-,23+,24-,25-/m1/s1. The van der Waals surface area contributed by atoms with Gasteiger partial charge in [0, 0.05) is 12.6 Å². The van der Waals surface area contributed by atoms with Gasteiger partial charge in [0.1, 0.15) is 18.3 Å². The molecule has 178 valence electrons. The van der Waals surface area contributed by atoms with Crippen LogP contribution in [0.5, 0.6) is 0 Å². The van der Waals surface area contributed by atoms with Gasteiger partial charge in [-0.2, -0.15) is 0 Å². The first-order chi connectivity index (χ1) is 15.9. The zero-order valence-corrected chi connectivity index (χ0v) is 19.4. The van der Waals surface area contributed by atoms with Crippen LogP contribution in [-0.4, -0.2) is 49.0 Å². The van der Waals surface area contributed by atoms with Crippen LogP contribution in [-0.2, 0) is 41.6 Å². The quantitative estimate of drug-likeness (QED) is 0.549. The Morgan fingerprint density at radius 3 is 2.36 bits per heavy atom. The van der Waals surface area contributed by atoms with Crippen molar-refractivity contribution in [2.75, 3.05) is 6.61 Å². The van der Waals surface area contributed by atoms with Crippen LogP contribution in [0.3, 0.4) is 0 Å². The van der Waals surface area contributed by atoms with Crippen molar-refractivity contribution in [1.82, 2.24) is 5.32 Å². The molecule has 2 aliphatic heterocycles. The fourth-order valence-electron chi connectivity index (χ4n) is 4.33. The predicted molar refractivity (Wildman–Crippen MR) is 122 cm³/mol. The lowest BCUT2D eigenvalue weighted by Gasteiger charge is -2.31. The molecule has 4 rings (SSSR count). The Morgan fingerprint density at radius 2 is 1.70 bits per heavy atom. The number of ether oxygens (including phenoxy) is 5. The summed E-state index contributed by atoms with van der Waals surface area (Å²) in [6.45, 7) is 6.84. The molecule has 0 saturated carbocycles. The van der Waals surface area contributed by atoms with Crippen LogP contribution < -0.4 is 5.32 Å². The molecule has 33 heavy (non-hydrogen) atoms. The van der Waals surface area contributed by atoms with Gasteiger partial charge in [-0.25, -0.2) is 0 Å². The molecule has 2 saturated heterocycles. The largest absolute Gasteiger partial charge is 0.466 e. The predicted octanol–water partition coefficient (Wildman–Crippen LogP) is 3.56. The maximum atomic E-state index is 12.4. The van der Waals surface area contributed by atoms with Crippen LogP contribution in [0.2, 0.25) is 0 Å². The first-order valence-corrected chi connectivity index (χ1v) is 11.5. The number of carbonyl (C=O) groups excluding carboxylic acids is 1. The van der Waals surface area contributed by atoms with E-state index in [9.17, 15) is 4.79 Å². The topological polar surface area (TPSA) is 75.3 Å². The van der Waals surface area contributed by atoms with Gasteiger partial charge in [-0.15, -0.1) is 0 Å². The van der Waals surface area contributed by atoms with Gasteiger partial charge in [-0.3, -0.25) is 4.79 Å². The number of esters is 1. The average Bonchev–Trinajstić information content (AvgIpc) is 3.28. The van der Waals surface area contributed by atoms with E-state index >= 15 is 0 Å². The molecule has 0 aromatic heterocycles. The van der Waals surface area contributed by atoms with Gasteiger partial charge in [0.15, 0.2) is 12.1 Å².